The van der Waals surface area contributed by atoms with Crippen molar-refractivity contribution in [3.8, 4) is 0 Å². The van der Waals surface area contributed by atoms with Crippen molar-refractivity contribution in [1.29, 1.82) is 0 Å². The van der Waals surface area contributed by atoms with E-state index < -0.39 is 7.05 Å². The molecule has 0 aromatic heterocycles. The summed E-state index contributed by atoms with van der Waals surface area (Å²) in [5.41, 5.74) is 3.79. The first-order chi connectivity index (χ1) is 12.4. The molecule has 0 heterocycles. The molecule has 0 aromatic carbocycles. The molecule has 154 valence electrons. The Hall–Kier alpha value is -0.0957. The third kappa shape index (κ3) is 13.7. The summed E-state index contributed by atoms with van der Waals surface area (Å²) in [6.07, 6.45) is 22.0. The summed E-state index contributed by atoms with van der Waals surface area (Å²) in [6.45, 7) is 16.8. The van der Waals surface area contributed by atoms with Crippen molar-refractivity contribution >= 4 is 7.05 Å². The van der Waals surface area contributed by atoms with Gasteiger partial charge >= 0.3 is 0 Å². The first kappa shape index (κ1) is 29.1. The van der Waals surface area contributed by atoms with Gasteiger partial charge in [0, 0.05) is 33.8 Å². The molecule has 1 rings (SSSR count). The number of rotatable bonds is 11. The molecule has 0 aromatic rings. The van der Waals surface area contributed by atoms with Crippen LogP contribution in [0.4, 0.5) is 0 Å². The van der Waals surface area contributed by atoms with E-state index in [9.17, 15) is 0 Å². The van der Waals surface area contributed by atoms with E-state index in [4.69, 9.17) is 4.74 Å². The summed E-state index contributed by atoms with van der Waals surface area (Å²) in [4.78, 5) is 0. The van der Waals surface area contributed by atoms with Gasteiger partial charge in [-0.05, 0) is 71.6 Å². The van der Waals surface area contributed by atoms with Crippen molar-refractivity contribution in [3.63, 3.8) is 0 Å². The Bertz CT molecular complexity index is 512. The minimum absolute atomic E-state index is 0. The zero-order valence-electron chi connectivity index (χ0n) is 19.0. The number of unbranched alkanes of at least 4 members (excludes halogenated alkanes) is 3. The normalized spacial score (nSPS) is 13.4. The average molecular weight is 425 g/mol. The Balaban J connectivity index is 0. The molecule has 0 fully saturated rings. The van der Waals surface area contributed by atoms with Crippen molar-refractivity contribution < 1.29 is 21.7 Å². The van der Waals surface area contributed by atoms with E-state index in [1.165, 1.54) is 68.3 Å². The van der Waals surface area contributed by atoms with Crippen molar-refractivity contribution in [2.24, 2.45) is 4.74 Å². The Kier molecular flexibility index (Phi) is 19.4. The predicted octanol–water partition coefficient (Wildman–Crippen LogP) is 8.96. The van der Waals surface area contributed by atoms with Gasteiger partial charge in [-0.1, -0.05) is 76.0 Å². The van der Waals surface area contributed by atoms with Crippen LogP contribution in [0.2, 0.25) is 0 Å². The standard InChI is InChI=1S/C17H32NP.C7H12.Ti/c1-4-7-14-19(15-8-5-2,16-9-6-3)18-17-12-10-11-13-17;1-5-7(4)6(2)3;/h10-12H,4-9,13-16H2,1-3H3;5H,2H2,1,3-4H3;. The van der Waals surface area contributed by atoms with E-state index in [1.807, 2.05) is 13.8 Å². The first-order valence-electron chi connectivity index (χ1n) is 10.7. The van der Waals surface area contributed by atoms with Gasteiger partial charge in [0.25, 0.3) is 0 Å². The van der Waals surface area contributed by atoms with Gasteiger partial charge < -0.3 is 0 Å². The Morgan fingerprint density at radius 2 is 1.52 bits per heavy atom. The van der Waals surface area contributed by atoms with Crippen LogP contribution in [0.15, 0.2) is 52.5 Å². The number of hydrogen-bond donors (Lipinski definition) is 0. The quantitative estimate of drug-likeness (QED) is 0.178. The van der Waals surface area contributed by atoms with Gasteiger partial charge in [0.2, 0.25) is 0 Å². The van der Waals surface area contributed by atoms with Crippen molar-refractivity contribution in [2.75, 3.05) is 18.5 Å². The second kappa shape index (κ2) is 18.0. The van der Waals surface area contributed by atoms with Gasteiger partial charge in [-0.25, -0.2) is 0 Å². The second-order valence-electron chi connectivity index (χ2n) is 7.47. The minimum atomic E-state index is -1.08. The largest absolute Gasteiger partial charge is 0.272 e. The van der Waals surface area contributed by atoms with Crippen molar-refractivity contribution in [3.05, 3.63) is 47.7 Å². The predicted molar refractivity (Wildman–Crippen MR) is 125 cm³/mol. The number of nitrogens with zero attached hydrogens (tertiary/aromatic N) is 1. The van der Waals surface area contributed by atoms with Crippen LogP contribution in [0, 0.1) is 0 Å². The van der Waals surface area contributed by atoms with Crippen LogP contribution in [-0.2, 0) is 21.7 Å². The zero-order chi connectivity index (χ0) is 19.8. The molecule has 1 aliphatic rings. The third-order valence-corrected chi connectivity index (χ3v) is 9.11. The molecule has 0 atom stereocenters. The molecule has 3 heteroatoms. The molecule has 0 amide bonds. The van der Waals surface area contributed by atoms with E-state index in [0.717, 1.165) is 12.0 Å². The maximum atomic E-state index is 5.33. The van der Waals surface area contributed by atoms with Gasteiger partial charge in [0.1, 0.15) is 0 Å². The summed E-state index contributed by atoms with van der Waals surface area (Å²) >= 11 is 0. The van der Waals surface area contributed by atoms with Crippen LogP contribution < -0.4 is 0 Å². The molecule has 1 nitrogen and oxygen atoms in total. The molecular weight excluding hydrogens is 381 g/mol. The van der Waals surface area contributed by atoms with Crippen molar-refractivity contribution in [1.82, 2.24) is 0 Å². The first-order valence-corrected chi connectivity index (χ1v) is 13.0. The fourth-order valence-corrected chi connectivity index (χ4v) is 7.25. The molecule has 0 bridgehead atoms. The monoisotopic (exact) mass is 425 g/mol. The molecule has 0 unspecified atom stereocenters. The molecule has 27 heavy (non-hydrogen) atoms. The summed E-state index contributed by atoms with van der Waals surface area (Å²) in [5, 5.41) is 0. The van der Waals surface area contributed by atoms with E-state index in [0.29, 0.717) is 0 Å². The summed E-state index contributed by atoms with van der Waals surface area (Å²) in [7, 11) is -1.08. The molecule has 0 N–H and O–H groups in total. The summed E-state index contributed by atoms with van der Waals surface area (Å²) < 4.78 is 5.33. The van der Waals surface area contributed by atoms with Gasteiger partial charge in [-0.15, -0.1) is 0 Å². The Morgan fingerprint density at radius 3 is 1.78 bits per heavy atom. The van der Waals surface area contributed by atoms with Crippen LogP contribution >= 0.6 is 7.05 Å². The van der Waals surface area contributed by atoms with E-state index in [2.05, 4.69) is 58.6 Å². The van der Waals surface area contributed by atoms with Gasteiger partial charge in [0.05, 0.1) is 0 Å². The summed E-state index contributed by atoms with van der Waals surface area (Å²) in [6, 6.07) is 0. The third-order valence-electron chi connectivity index (χ3n) is 4.98. The van der Waals surface area contributed by atoms with E-state index in [-0.39, 0.29) is 21.7 Å². The number of hydrogen-bond acceptors (Lipinski definition) is 1. The fraction of sp³-hybridized carbons (Fsp3) is 0.667. The minimum Gasteiger partial charge on any atom is -0.272 e. The zero-order valence-corrected chi connectivity index (χ0v) is 21.4. The SMILES string of the molecule is C=C(C)C(C)=CC.CCCCP(CCCC)(CCCC)=NC1=CC=CC1.[Ti]. The van der Waals surface area contributed by atoms with Gasteiger partial charge in [0.15, 0.2) is 0 Å². The molecule has 0 saturated carbocycles. The maximum absolute atomic E-state index is 5.33. The summed E-state index contributed by atoms with van der Waals surface area (Å²) in [5.74, 6) is 0. The molecule has 1 aliphatic carbocycles. The van der Waals surface area contributed by atoms with Crippen LogP contribution in [-0.4, -0.2) is 18.5 Å². The molecule has 0 saturated heterocycles. The van der Waals surface area contributed by atoms with E-state index in [1.54, 1.807) is 0 Å². The van der Waals surface area contributed by atoms with E-state index >= 15 is 0 Å². The van der Waals surface area contributed by atoms with Gasteiger partial charge in [-0.2, -0.15) is 0 Å². The van der Waals surface area contributed by atoms with Crippen molar-refractivity contribution in [2.45, 2.75) is 86.5 Å². The average Bonchev–Trinajstić information content (AvgIpc) is 3.15. The second-order valence-corrected chi connectivity index (χ2v) is 11.2. The topological polar surface area (TPSA) is 12.4 Å². The Morgan fingerprint density at radius 1 is 1.04 bits per heavy atom. The van der Waals surface area contributed by atoms with Crippen LogP contribution in [0.5, 0.6) is 0 Å². The fourth-order valence-electron chi connectivity index (χ4n) is 2.87. The van der Waals surface area contributed by atoms with Gasteiger partial charge in [-0.3, -0.25) is 4.74 Å². The molecule has 0 aliphatic heterocycles. The maximum Gasteiger partial charge on any atom is 0.0425 e. The van der Waals surface area contributed by atoms with Crippen LogP contribution in [0.3, 0.4) is 0 Å². The number of allylic oxidation sites excluding steroid dienone is 6. The molecule has 0 radical (unpaired) electrons. The Labute approximate surface area is 185 Å². The van der Waals surface area contributed by atoms with Crippen LogP contribution in [0.25, 0.3) is 0 Å². The van der Waals surface area contributed by atoms with Crippen LogP contribution in [0.1, 0.15) is 86.5 Å². The molecular formula is C24H44NPTi. The smallest absolute Gasteiger partial charge is 0.0425 e. The molecule has 0 spiro atoms.